The van der Waals surface area contributed by atoms with Crippen LogP contribution in [-0.2, 0) is 19.5 Å². The first-order chi connectivity index (χ1) is 14.2. The van der Waals surface area contributed by atoms with Crippen LogP contribution < -0.4 is 16.0 Å². The summed E-state index contributed by atoms with van der Waals surface area (Å²) in [6.07, 6.45) is 8.36. The number of hydrogen-bond donors (Lipinski definition) is 3. The van der Waals surface area contributed by atoms with Crippen LogP contribution in [0.25, 0.3) is 0 Å². The lowest BCUT2D eigenvalue weighted by atomic mass is 10.0. The minimum Gasteiger partial charge on any atom is -0.398 e. The van der Waals surface area contributed by atoms with Crippen molar-refractivity contribution in [2.75, 3.05) is 16.0 Å². The average Bonchev–Trinajstić information content (AvgIpc) is 3.44. The molecule has 0 atom stereocenters. The van der Waals surface area contributed by atoms with E-state index in [-0.39, 0.29) is 0 Å². The Kier molecular flexibility index (Phi) is 4.24. The SMILES string of the molecule is N=Cc1cc(Nc2ccnc(N3Cc4ccc(CC5=C[CH]5)cc4C3)n2)ccc1N. The van der Waals surface area contributed by atoms with E-state index in [2.05, 4.69) is 45.9 Å². The molecular weight excluding hydrogens is 360 g/mol. The summed E-state index contributed by atoms with van der Waals surface area (Å²) in [6.45, 7) is 1.63. The van der Waals surface area contributed by atoms with Crippen LogP contribution in [0.2, 0.25) is 0 Å². The van der Waals surface area contributed by atoms with Crippen LogP contribution >= 0.6 is 0 Å². The van der Waals surface area contributed by atoms with E-state index < -0.39 is 0 Å². The van der Waals surface area contributed by atoms with Crippen LogP contribution in [0.3, 0.4) is 0 Å². The number of rotatable bonds is 6. The Hall–Kier alpha value is -3.67. The fraction of sp³-hybridized carbons (Fsp3) is 0.130. The van der Waals surface area contributed by atoms with Crippen LogP contribution in [0.4, 0.5) is 23.1 Å². The molecule has 1 aliphatic carbocycles. The predicted octanol–water partition coefficient (Wildman–Crippen LogP) is 4.01. The Morgan fingerprint density at radius 2 is 1.97 bits per heavy atom. The minimum atomic E-state index is 0.582. The number of nitrogen functional groups attached to an aromatic ring is 1. The van der Waals surface area contributed by atoms with Gasteiger partial charge >= 0.3 is 0 Å². The minimum absolute atomic E-state index is 0.582. The summed E-state index contributed by atoms with van der Waals surface area (Å²) in [5.41, 5.74) is 13.4. The highest BCUT2D eigenvalue weighted by atomic mass is 15.3. The van der Waals surface area contributed by atoms with Gasteiger partial charge in [0, 0.05) is 48.9 Å². The second-order valence-electron chi connectivity index (χ2n) is 7.40. The van der Waals surface area contributed by atoms with Crippen molar-refractivity contribution in [2.45, 2.75) is 19.5 Å². The van der Waals surface area contributed by atoms with Crippen molar-refractivity contribution in [1.29, 1.82) is 5.41 Å². The third kappa shape index (κ3) is 3.69. The maximum Gasteiger partial charge on any atom is 0.227 e. The Morgan fingerprint density at radius 3 is 2.79 bits per heavy atom. The number of nitrogens with one attached hydrogen (secondary N) is 2. The highest BCUT2D eigenvalue weighted by Gasteiger charge is 2.22. The normalized spacial score (nSPS) is 14.3. The molecule has 0 saturated heterocycles. The molecule has 2 heterocycles. The highest BCUT2D eigenvalue weighted by Crippen LogP contribution is 2.30. The molecule has 3 aromatic rings. The summed E-state index contributed by atoms with van der Waals surface area (Å²) in [6, 6.07) is 14.1. The van der Waals surface area contributed by atoms with Gasteiger partial charge in [-0.25, -0.2) is 4.98 Å². The first-order valence-corrected chi connectivity index (χ1v) is 9.57. The van der Waals surface area contributed by atoms with Crippen molar-refractivity contribution in [1.82, 2.24) is 9.97 Å². The number of allylic oxidation sites excluding steroid dienone is 2. The van der Waals surface area contributed by atoms with Crippen molar-refractivity contribution in [3.63, 3.8) is 0 Å². The number of nitrogens with zero attached hydrogens (tertiary/aromatic N) is 3. The topological polar surface area (TPSA) is 90.9 Å². The van der Waals surface area contributed by atoms with E-state index in [0.29, 0.717) is 23.0 Å². The largest absolute Gasteiger partial charge is 0.398 e. The molecule has 5 rings (SSSR count). The number of hydrogen-bond acceptors (Lipinski definition) is 6. The Balaban J connectivity index is 1.33. The van der Waals surface area contributed by atoms with Gasteiger partial charge in [0.25, 0.3) is 0 Å². The summed E-state index contributed by atoms with van der Waals surface area (Å²) in [5.74, 6) is 1.41. The van der Waals surface area contributed by atoms with Gasteiger partial charge in [0.05, 0.1) is 0 Å². The second kappa shape index (κ2) is 7.05. The van der Waals surface area contributed by atoms with Gasteiger partial charge in [0.1, 0.15) is 5.82 Å². The van der Waals surface area contributed by atoms with Crippen LogP contribution in [0.5, 0.6) is 0 Å². The second-order valence-corrected chi connectivity index (χ2v) is 7.40. The van der Waals surface area contributed by atoms with E-state index in [9.17, 15) is 0 Å². The lowest BCUT2D eigenvalue weighted by Crippen LogP contribution is -2.17. The third-order valence-electron chi connectivity index (χ3n) is 5.24. The highest BCUT2D eigenvalue weighted by molar-refractivity contribution is 5.87. The van der Waals surface area contributed by atoms with Gasteiger partial charge in [-0.15, -0.1) is 0 Å². The van der Waals surface area contributed by atoms with E-state index in [0.717, 1.165) is 25.2 Å². The fourth-order valence-electron chi connectivity index (χ4n) is 3.61. The maximum absolute atomic E-state index is 7.46. The van der Waals surface area contributed by atoms with Crippen molar-refractivity contribution < 1.29 is 0 Å². The van der Waals surface area contributed by atoms with Crippen molar-refractivity contribution in [2.24, 2.45) is 0 Å². The number of nitrogens with two attached hydrogens (primary N) is 1. The molecule has 0 saturated carbocycles. The van der Waals surface area contributed by atoms with E-state index in [4.69, 9.17) is 16.1 Å². The Morgan fingerprint density at radius 1 is 1.10 bits per heavy atom. The number of aromatic nitrogens is 2. The number of fused-ring (bicyclic) bond motifs is 1. The van der Waals surface area contributed by atoms with E-state index in [1.54, 1.807) is 12.3 Å². The van der Waals surface area contributed by atoms with Crippen LogP contribution in [0, 0.1) is 11.8 Å². The molecule has 4 N–H and O–H groups in total. The van der Waals surface area contributed by atoms with Crippen LogP contribution in [-0.4, -0.2) is 16.2 Å². The summed E-state index contributed by atoms with van der Waals surface area (Å²) in [7, 11) is 0. The summed E-state index contributed by atoms with van der Waals surface area (Å²) in [4.78, 5) is 11.4. The molecule has 1 aromatic heterocycles. The zero-order valence-corrected chi connectivity index (χ0v) is 15.9. The van der Waals surface area contributed by atoms with Gasteiger partial charge in [0.15, 0.2) is 0 Å². The molecule has 2 aromatic carbocycles. The van der Waals surface area contributed by atoms with Crippen molar-refractivity contribution in [3.05, 3.63) is 89.0 Å². The average molecular weight is 381 g/mol. The summed E-state index contributed by atoms with van der Waals surface area (Å²) < 4.78 is 0. The summed E-state index contributed by atoms with van der Waals surface area (Å²) >= 11 is 0. The zero-order chi connectivity index (χ0) is 19.8. The molecule has 0 amide bonds. The number of anilines is 4. The van der Waals surface area contributed by atoms with Gasteiger partial charge < -0.3 is 21.4 Å². The molecule has 143 valence electrons. The van der Waals surface area contributed by atoms with Crippen molar-refractivity contribution in [3.8, 4) is 0 Å². The van der Waals surface area contributed by atoms with Gasteiger partial charge in [-0.3, -0.25) is 0 Å². The van der Waals surface area contributed by atoms with Crippen LogP contribution in [0.1, 0.15) is 22.3 Å². The molecule has 6 heteroatoms. The van der Waals surface area contributed by atoms with Crippen LogP contribution in [0.15, 0.2) is 60.3 Å². The monoisotopic (exact) mass is 381 g/mol. The molecule has 0 spiro atoms. The first-order valence-electron chi connectivity index (χ1n) is 9.57. The molecule has 0 unspecified atom stereocenters. The molecule has 1 aliphatic heterocycles. The smallest absolute Gasteiger partial charge is 0.227 e. The lowest BCUT2D eigenvalue weighted by molar-refractivity contribution is 0.829. The van der Waals surface area contributed by atoms with Crippen molar-refractivity contribution >= 4 is 29.4 Å². The number of benzene rings is 2. The first kappa shape index (κ1) is 17.4. The maximum atomic E-state index is 7.46. The van der Waals surface area contributed by atoms with E-state index in [1.165, 1.54) is 28.5 Å². The molecule has 2 aliphatic rings. The quantitative estimate of drug-likeness (QED) is 0.443. The Bertz CT molecular complexity index is 1130. The fourth-order valence-corrected chi connectivity index (χ4v) is 3.61. The predicted molar refractivity (Wildman–Crippen MR) is 116 cm³/mol. The molecule has 6 nitrogen and oxygen atoms in total. The Labute approximate surface area is 169 Å². The standard InChI is InChI=1S/C23H21N6/c24-12-18-11-20(5-6-21(18)25)27-22-7-8-26-23(28-22)29-13-17-4-3-16(9-15-1-2-15)10-19(17)14-29/h1-8,10-12,24H,9,13-14,25H2,(H,26,27,28). The third-order valence-corrected chi connectivity index (χ3v) is 5.24. The molecule has 1 radical (unpaired) electrons. The van der Waals surface area contributed by atoms with Gasteiger partial charge in [-0.2, -0.15) is 4.98 Å². The molecular formula is C23H21N6. The van der Waals surface area contributed by atoms with Gasteiger partial charge in [0.2, 0.25) is 5.95 Å². The van der Waals surface area contributed by atoms with E-state index in [1.807, 2.05) is 18.2 Å². The lowest BCUT2D eigenvalue weighted by Gasteiger charge is -2.16. The molecule has 0 fully saturated rings. The molecule has 0 bridgehead atoms. The zero-order valence-electron chi connectivity index (χ0n) is 15.9. The molecule has 29 heavy (non-hydrogen) atoms. The summed E-state index contributed by atoms with van der Waals surface area (Å²) in [5, 5.41) is 10.7. The van der Waals surface area contributed by atoms with Gasteiger partial charge in [-0.05, 0) is 47.4 Å². The van der Waals surface area contributed by atoms with Gasteiger partial charge in [-0.1, -0.05) is 29.8 Å². The van der Waals surface area contributed by atoms with E-state index >= 15 is 0 Å².